The second-order valence-corrected chi connectivity index (χ2v) is 5.59. The summed E-state index contributed by atoms with van der Waals surface area (Å²) in [4.78, 5) is 23.4. The molecule has 2 aromatic rings. The van der Waals surface area contributed by atoms with Crippen molar-refractivity contribution in [2.24, 2.45) is 0 Å². The molecule has 0 bridgehead atoms. The summed E-state index contributed by atoms with van der Waals surface area (Å²) in [5, 5.41) is 2.73. The molecule has 2 rings (SSSR count). The van der Waals surface area contributed by atoms with Crippen molar-refractivity contribution in [3.63, 3.8) is 0 Å². The van der Waals surface area contributed by atoms with Gasteiger partial charge in [0.15, 0.2) is 6.61 Å². The highest BCUT2D eigenvalue weighted by Crippen LogP contribution is 2.05. The van der Waals surface area contributed by atoms with Gasteiger partial charge < -0.3 is 10.1 Å². The van der Waals surface area contributed by atoms with Crippen LogP contribution >= 0.6 is 0 Å². The van der Waals surface area contributed by atoms with E-state index in [1.807, 2.05) is 62.4 Å². The molecule has 0 heterocycles. The third kappa shape index (κ3) is 5.94. The molecule has 0 aliphatic rings. The molecule has 0 saturated heterocycles. The Kier molecular flexibility index (Phi) is 5.92. The van der Waals surface area contributed by atoms with Gasteiger partial charge in [-0.15, -0.1) is 0 Å². The molecule has 0 spiro atoms. The van der Waals surface area contributed by atoms with Gasteiger partial charge in [0, 0.05) is 6.54 Å². The third-order valence-corrected chi connectivity index (χ3v) is 3.44. The van der Waals surface area contributed by atoms with Crippen LogP contribution in [0, 0.1) is 13.8 Å². The number of carbonyl (C=O) groups is 2. The number of esters is 1. The molecule has 4 heteroatoms. The molecule has 0 saturated carbocycles. The van der Waals surface area contributed by atoms with Crippen LogP contribution in [-0.4, -0.2) is 18.5 Å². The number of nitrogens with one attached hydrogen (secondary N) is 1. The molecule has 1 N–H and O–H groups in total. The molecule has 120 valence electrons. The van der Waals surface area contributed by atoms with Gasteiger partial charge in [0.25, 0.3) is 5.91 Å². The van der Waals surface area contributed by atoms with Crippen LogP contribution in [-0.2, 0) is 27.3 Å². The van der Waals surface area contributed by atoms with Crippen molar-refractivity contribution in [3.8, 4) is 0 Å². The Balaban J connectivity index is 1.70. The van der Waals surface area contributed by atoms with Gasteiger partial charge in [0.2, 0.25) is 0 Å². The van der Waals surface area contributed by atoms with E-state index in [9.17, 15) is 9.59 Å². The quantitative estimate of drug-likeness (QED) is 0.835. The minimum atomic E-state index is -0.403. The normalized spacial score (nSPS) is 10.2. The van der Waals surface area contributed by atoms with Gasteiger partial charge in [-0.1, -0.05) is 59.7 Å². The van der Waals surface area contributed by atoms with Crippen LogP contribution in [0.2, 0.25) is 0 Å². The molecular weight excluding hydrogens is 290 g/mol. The summed E-state index contributed by atoms with van der Waals surface area (Å²) in [5.74, 6) is -0.706. The number of amides is 1. The lowest BCUT2D eigenvalue weighted by Crippen LogP contribution is -2.28. The lowest BCUT2D eigenvalue weighted by Gasteiger charge is -2.07. The first kappa shape index (κ1) is 16.7. The third-order valence-electron chi connectivity index (χ3n) is 3.44. The molecule has 4 nitrogen and oxygen atoms in total. The van der Waals surface area contributed by atoms with Crippen LogP contribution < -0.4 is 5.32 Å². The lowest BCUT2D eigenvalue weighted by atomic mass is 10.1. The summed E-state index contributed by atoms with van der Waals surface area (Å²) in [6.07, 6.45) is 0.172. The standard InChI is InChI=1S/C19H21NO3/c1-14-3-7-16(8-4-14)11-19(22)23-13-18(21)20-12-17-9-5-15(2)6-10-17/h3-10H,11-13H2,1-2H3,(H,20,21). The van der Waals surface area contributed by atoms with E-state index in [-0.39, 0.29) is 18.9 Å². The molecular formula is C19H21NO3. The molecule has 0 atom stereocenters. The fourth-order valence-corrected chi connectivity index (χ4v) is 2.03. The molecule has 0 radical (unpaired) electrons. The maximum Gasteiger partial charge on any atom is 0.310 e. The minimum Gasteiger partial charge on any atom is -0.455 e. The van der Waals surface area contributed by atoms with Gasteiger partial charge in [0.05, 0.1) is 6.42 Å². The average molecular weight is 311 g/mol. The summed E-state index contributed by atoms with van der Waals surface area (Å²) in [6, 6.07) is 15.5. The van der Waals surface area contributed by atoms with Crippen LogP contribution in [0.5, 0.6) is 0 Å². The molecule has 0 aromatic heterocycles. The first-order valence-electron chi connectivity index (χ1n) is 7.56. The number of rotatable bonds is 6. The zero-order valence-corrected chi connectivity index (χ0v) is 13.5. The van der Waals surface area contributed by atoms with Gasteiger partial charge in [-0.25, -0.2) is 0 Å². The highest BCUT2D eigenvalue weighted by molar-refractivity contribution is 5.81. The SMILES string of the molecule is Cc1ccc(CNC(=O)COC(=O)Cc2ccc(C)cc2)cc1. The lowest BCUT2D eigenvalue weighted by molar-refractivity contribution is -0.147. The summed E-state index contributed by atoms with van der Waals surface area (Å²) in [5.41, 5.74) is 4.19. The van der Waals surface area contributed by atoms with Gasteiger partial charge in [-0.3, -0.25) is 9.59 Å². The van der Waals surface area contributed by atoms with Crippen molar-refractivity contribution in [3.05, 3.63) is 70.8 Å². The number of hydrogen-bond donors (Lipinski definition) is 1. The summed E-state index contributed by atoms with van der Waals surface area (Å²) in [6.45, 7) is 4.17. The number of carbonyl (C=O) groups excluding carboxylic acids is 2. The van der Waals surface area contributed by atoms with E-state index in [1.54, 1.807) is 0 Å². The molecule has 0 aliphatic carbocycles. The topological polar surface area (TPSA) is 55.4 Å². The minimum absolute atomic E-state index is 0.172. The Labute approximate surface area is 136 Å². The van der Waals surface area contributed by atoms with E-state index < -0.39 is 5.97 Å². The van der Waals surface area contributed by atoms with Crippen molar-refractivity contribution in [1.82, 2.24) is 5.32 Å². The summed E-state index contributed by atoms with van der Waals surface area (Å²) >= 11 is 0. The van der Waals surface area contributed by atoms with Gasteiger partial charge in [-0.2, -0.15) is 0 Å². The Morgan fingerprint density at radius 1 is 0.870 bits per heavy atom. The predicted molar refractivity (Wildman–Crippen MR) is 88.9 cm³/mol. The van der Waals surface area contributed by atoms with E-state index in [2.05, 4.69) is 5.32 Å². The van der Waals surface area contributed by atoms with Crippen LogP contribution in [0.3, 0.4) is 0 Å². The van der Waals surface area contributed by atoms with E-state index in [0.29, 0.717) is 6.54 Å². The van der Waals surface area contributed by atoms with E-state index in [1.165, 1.54) is 5.56 Å². The molecule has 2 aromatic carbocycles. The number of hydrogen-bond acceptors (Lipinski definition) is 3. The number of aryl methyl sites for hydroxylation is 2. The van der Waals surface area contributed by atoms with Crippen molar-refractivity contribution >= 4 is 11.9 Å². The van der Waals surface area contributed by atoms with E-state index in [0.717, 1.165) is 16.7 Å². The highest BCUT2D eigenvalue weighted by Gasteiger charge is 2.08. The largest absolute Gasteiger partial charge is 0.455 e. The van der Waals surface area contributed by atoms with Gasteiger partial charge in [-0.05, 0) is 25.0 Å². The average Bonchev–Trinajstić information content (AvgIpc) is 2.54. The predicted octanol–water partition coefficient (Wildman–Crippen LogP) is 2.71. The van der Waals surface area contributed by atoms with Crippen LogP contribution in [0.25, 0.3) is 0 Å². The maximum atomic E-state index is 11.7. The molecule has 0 fully saturated rings. The van der Waals surface area contributed by atoms with Crippen molar-refractivity contribution in [1.29, 1.82) is 0 Å². The second-order valence-electron chi connectivity index (χ2n) is 5.59. The van der Waals surface area contributed by atoms with Crippen LogP contribution in [0.15, 0.2) is 48.5 Å². The van der Waals surface area contributed by atoms with Gasteiger partial charge >= 0.3 is 5.97 Å². The monoisotopic (exact) mass is 311 g/mol. The first-order chi connectivity index (χ1) is 11.0. The Morgan fingerprint density at radius 2 is 1.39 bits per heavy atom. The summed E-state index contributed by atoms with van der Waals surface area (Å²) in [7, 11) is 0. The van der Waals surface area contributed by atoms with Crippen LogP contribution in [0.1, 0.15) is 22.3 Å². The number of ether oxygens (including phenoxy) is 1. The van der Waals surface area contributed by atoms with Crippen LogP contribution in [0.4, 0.5) is 0 Å². The molecule has 23 heavy (non-hydrogen) atoms. The zero-order valence-electron chi connectivity index (χ0n) is 13.5. The molecule has 1 amide bonds. The second kappa shape index (κ2) is 8.13. The zero-order chi connectivity index (χ0) is 16.7. The number of benzene rings is 2. The van der Waals surface area contributed by atoms with E-state index >= 15 is 0 Å². The Morgan fingerprint density at radius 3 is 1.96 bits per heavy atom. The Hall–Kier alpha value is -2.62. The fourth-order valence-electron chi connectivity index (χ4n) is 2.03. The first-order valence-corrected chi connectivity index (χ1v) is 7.56. The van der Waals surface area contributed by atoms with Crippen molar-refractivity contribution in [2.75, 3.05) is 6.61 Å². The molecule has 0 unspecified atom stereocenters. The fraction of sp³-hybridized carbons (Fsp3) is 0.263. The molecule has 0 aliphatic heterocycles. The maximum absolute atomic E-state index is 11.7. The van der Waals surface area contributed by atoms with Crippen molar-refractivity contribution < 1.29 is 14.3 Å². The van der Waals surface area contributed by atoms with Gasteiger partial charge in [0.1, 0.15) is 0 Å². The highest BCUT2D eigenvalue weighted by atomic mass is 16.5. The van der Waals surface area contributed by atoms with E-state index in [4.69, 9.17) is 4.74 Å². The smallest absolute Gasteiger partial charge is 0.310 e. The van der Waals surface area contributed by atoms with Crippen molar-refractivity contribution in [2.45, 2.75) is 26.8 Å². The summed E-state index contributed by atoms with van der Waals surface area (Å²) < 4.78 is 4.99. The Bertz CT molecular complexity index is 660.